The average Bonchev–Trinajstić information content (AvgIpc) is 3.45. The minimum atomic E-state index is -0.841. The summed E-state index contributed by atoms with van der Waals surface area (Å²) in [5.74, 6) is -0.0539. The van der Waals surface area contributed by atoms with Gasteiger partial charge in [-0.1, -0.05) is 326 Å². The van der Waals surface area contributed by atoms with E-state index in [1.54, 1.807) is 6.08 Å². The van der Waals surface area contributed by atoms with Crippen molar-refractivity contribution in [3.63, 3.8) is 0 Å². The normalized spacial score (nSPS) is 12.8. The van der Waals surface area contributed by atoms with E-state index >= 15 is 0 Å². The average molecular weight is 1110 g/mol. The third-order valence-electron chi connectivity index (χ3n) is 16.3. The van der Waals surface area contributed by atoms with Gasteiger partial charge in [-0.15, -0.1) is 0 Å². The second-order valence-electron chi connectivity index (χ2n) is 24.2. The summed E-state index contributed by atoms with van der Waals surface area (Å²) in [7, 11) is 0. The smallest absolute Gasteiger partial charge is 0.305 e. The van der Waals surface area contributed by atoms with Gasteiger partial charge in [-0.05, 0) is 89.9 Å². The zero-order chi connectivity index (χ0) is 57.1. The molecule has 0 aromatic heterocycles. The van der Waals surface area contributed by atoms with Crippen LogP contribution in [0.5, 0.6) is 0 Å². The Morgan fingerprint density at radius 2 is 0.633 bits per heavy atom. The Kier molecular flexibility index (Phi) is 66.4. The lowest BCUT2D eigenvalue weighted by Gasteiger charge is -2.20. The molecular weight excluding hydrogens is 971 g/mol. The van der Waals surface area contributed by atoms with E-state index in [0.29, 0.717) is 19.4 Å². The van der Waals surface area contributed by atoms with Gasteiger partial charge in [-0.25, -0.2) is 0 Å². The van der Waals surface area contributed by atoms with Gasteiger partial charge in [0.25, 0.3) is 0 Å². The van der Waals surface area contributed by atoms with E-state index in [-0.39, 0.29) is 18.5 Å². The highest BCUT2D eigenvalue weighted by molar-refractivity contribution is 5.76. The molecular formula is C73H137NO5. The predicted octanol–water partition coefficient (Wildman–Crippen LogP) is 22.9. The second kappa shape index (κ2) is 68.3. The molecule has 0 bridgehead atoms. The van der Waals surface area contributed by atoms with Crippen LogP contribution in [0, 0.1) is 0 Å². The predicted molar refractivity (Wildman–Crippen MR) is 347 cm³/mol. The summed E-state index contributed by atoms with van der Waals surface area (Å²) in [6, 6.07) is -0.624. The van der Waals surface area contributed by atoms with Gasteiger partial charge >= 0.3 is 5.97 Å². The van der Waals surface area contributed by atoms with Crippen LogP contribution in [0.4, 0.5) is 0 Å². The summed E-state index contributed by atoms with van der Waals surface area (Å²) in [6.45, 7) is 4.89. The van der Waals surface area contributed by atoms with Gasteiger partial charge in [0, 0.05) is 12.8 Å². The van der Waals surface area contributed by atoms with Crippen LogP contribution in [0.1, 0.15) is 380 Å². The third-order valence-corrected chi connectivity index (χ3v) is 16.3. The summed E-state index contributed by atoms with van der Waals surface area (Å²) < 4.78 is 5.50. The quantitative estimate of drug-likeness (QED) is 0.0320. The largest absolute Gasteiger partial charge is 0.466 e. The summed E-state index contributed by atoms with van der Waals surface area (Å²) >= 11 is 0. The van der Waals surface area contributed by atoms with Crippen molar-refractivity contribution in [3.8, 4) is 0 Å². The first kappa shape index (κ1) is 76.8. The van der Waals surface area contributed by atoms with Crippen LogP contribution in [0.3, 0.4) is 0 Å². The van der Waals surface area contributed by atoms with Crippen LogP contribution in [-0.2, 0) is 14.3 Å². The molecule has 1 amide bonds. The van der Waals surface area contributed by atoms with Crippen molar-refractivity contribution in [1.82, 2.24) is 5.32 Å². The van der Waals surface area contributed by atoms with E-state index < -0.39 is 12.1 Å². The van der Waals surface area contributed by atoms with Crippen molar-refractivity contribution in [3.05, 3.63) is 48.6 Å². The molecule has 2 unspecified atom stereocenters. The Morgan fingerprint density at radius 3 is 0.975 bits per heavy atom. The molecule has 0 saturated carbocycles. The minimum absolute atomic E-state index is 0.0137. The number of carbonyl (C=O) groups excluding carboxylic acids is 2. The van der Waals surface area contributed by atoms with Gasteiger partial charge in [-0.2, -0.15) is 0 Å². The fraction of sp³-hybridized carbons (Fsp3) is 0.863. The lowest BCUT2D eigenvalue weighted by molar-refractivity contribution is -0.143. The fourth-order valence-electron chi connectivity index (χ4n) is 10.9. The Labute approximate surface area is 493 Å². The second-order valence-corrected chi connectivity index (χ2v) is 24.2. The summed E-state index contributed by atoms with van der Waals surface area (Å²) in [4.78, 5) is 24.5. The number of aliphatic hydroxyl groups is 2. The minimum Gasteiger partial charge on any atom is -0.466 e. The SMILES string of the molecule is CCCCCCCCC/C=C\CCCCCCCCCC(=O)OCCCCCCCCCCCCC/C=C\C/C=C\CCCCCCCCCCCCCCCCCCCC(=O)NC(CO)C(O)/C=C/CCCCCCCCC. The van der Waals surface area contributed by atoms with E-state index in [2.05, 4.69) is 55.6 Å². The number of ether oxygens (including phenoxy) is 1. The number of nitrogens with one attached hydrogen (secondary N) is 1. The standard InChI is InChI=1S/C73H137NO5/c1-3-5-7-9-11-13-14-15-16-17-38-41-44-47-51-55-59-63-67-73(78)79-68-64-60-56-52-48-45-42-39-36-34-32-30-28-26-24-22-20-18-19-21-23-25-27-29-31-33-35-37-40-43-46-50-54-58-62-66-72(77)74-70(69-75)71(76)65-61-57-53-49-12-10-8-6-4-2/h16-17,20,22,26,28,61,65,70-71,75-76H,3-15,18-19,21,23-25,27,29-60,62-64,66-69H2,1-2H3,(H,74,77)/b17-16-,22-20-,28-26-,65-61+. The van der Waals surface area contributed by atoms with Crippen molar-refractivity contribution in [2.24, 2.45) is 0 Å². The van der Waals surface area contributed by atoms with Crippen LogP contribution in [0.25, 0.3) is 0 Å². The molecule has 464 valence electrons. The van der Waals surface area contributed by atoms with Crippen LogP contribution < -0.4 is 5.32 Å². The molecule has 0 aliphatic rings. The maximum Gasteiger partial charge on any atom is 0.305 e. The number of aliphatic hydroxyl groups excluding tert-OH is 2. The van der Waals surface area contributed by atoms with Gasteiger partial charge in [0.15, 0.2) is 0 Å². The lowest BCUT2D eigenvalue weighted by Crippen LogP contribution is -2.45. The maximum atomic E-state index is 12.4. The van der Waals surface area contributed by atoms with Crippen LogP contribution in [-0.4, -0.2) is 47.4 Å². The van der Waals surface area contributed by atoms with Gasteiger partial charge in [0.1, 0.15) is 0 Å². The molecule has 0 heterocycles. The summed E-state index contributed by atoms with van der Waals surface area (Å²) in [5, 5.41) is 23.0. The molecule has 0 aliphatic carbocycles. The molecule has 6 nitrogen and oxygen atoms in total. The fourth-order valence-corrected chi connectivity index (χ4v) is 10.9. The monoisotopic (exact) mass is 1110 g/mol. The third kappa shape index (κ3) is 64.8. The zero-order valence-corrected chi connectivity index (χ0v) is 53.1. The number of carbonyl (C=O) groups is 2. The van der Waals surface area contributed by atoms with Crippen molar-refractivity contribution < 1.29 is 24.5 Å². The molecule has 3 N–H and O–H groups in total. The molecule has 0 fully saturated rings. The molecule has 0 radical (unpaired) electrons. The molecule has 79 heavy (non-hydrogen) atoms. The molecule has 2 atom stereocenters. The number of amides is 1. The molecule has 0 rings (SSSR count). The Hall–Kier alpha value is -2.18. The molecule has 6 heteroatoms. The van der Waals surface area contributed by atoms with Crippen molar-refractivity contribution in [2.45, 2.75) is 392 Å². The summed E-state index contributed by atoms with van der Waals surface area (Å²) in [6.07, 6.45) is 89.3. The molecule has 0 aromatic rings. The van der Waals surface area contributed by atoms with Crippen LogP contribution in [0.2, 0.25) is 0 Å². The number of esters is 1. The first-order chi connectivity index (χ1) is 39.0. The van der Waals surface area contributed by atoms with Crippen molar-refractivity contribution >= 4 is 11.9 Å². The highest BCUT2D eigenvalue weighted by Crippen LogP contribution is 2.18. The Bertz CT molecular complexity index is 1320. The molecule has 0 saturated heterocycles. The number of allylic oxidation sites excluding steroid dienone is 7. The number of hydrogen-bond acceptors (Lipinski definition) is 5. The number of unbranched alkanes of at least 4 members (excludes halogenated alkanes) is 49. The van der Waals surface area contributed by atoms with Gasteiger partial charge in [-0.3, -0.25) is 9.59 Å². The van der Waals surface area contributed by atoms with Gasteiger partial charge in [0.05, 0.1) is 25.4 Å². The van der Waals surface area contributed by atoms with Crippen molar-refractivity contribution in [2.75, 3.05) is 13.2 Å². The Morgan fingerprint density at radius 1 is 0.354 bits per heavy atom. The highest BCUT2D eigenvalue weighted by atomic mass is 16.5. The van der Waals surface area contributed by atoms with E-state index in [0.717, 1.165) is 51.4 Å². The number of rotatable bonds is 66. The first-order valence-corrected chi connectivity index (χ1v) is 35.4. The highest BCUT2D eigenvalue weighted by Gasteiger charge is 2.18. The van der Waals surface area contributed by atoms with Crippen LogP contribution >= 0.6 is 0 Å². The van der Waals surface area contributed by atoms with E-state index in [1.807, 2.05) is 6.08 Å². The van der Waals surface area contributed by atoms with Crippen molar-refractivity contribution in [1.29, 1.82) is 0 Å². The van der Waals surface area contributed by atoms with E-state index in [4.69, 9.17) is 4.74 Å². The molecule has 0 spiro atoms. The van der Waals surface area contributed by atoms with Crippen LogP contribution in [0.15, 0.2) is 48.6 Å². The topological polar surface area (TPSA) is 95.9 Å². The Balaban J connectivity index is 3.35. The van der Waals surface area contributed by atoms with Gasteiger partial charge in [0.2, 0.25) is 5.91 Å². The lowest BCUT2D eigenvalue weighted by atomic mass is 10.0. The summed E-state index contributed by atoms with van der Waals surface area (Å²) in [5.41, 5.74) is 0. The first-order valence-electron chi connectivity index (χ1n) is 35.4. The number of hydrogen-bond donors (Lipinski definition) is 3. The molecule has 0 aromatic carbocycles. The van der Waals surface area contributed by atoms with E-state index in [1.165, 1.54) is 302 Å². The van der Waals surface area contributed by atoms with E-state index in [9.17, 15) is 19.8 Å². The zero-order valence-electron chi connectivity index (χ0n) is 53.1. The maximum absolute atomic E-state index is 12.4. The molecule has 0 aliphatic heterocycles. The van der Waals surface area contributed by atoms with Gasteiger partial charge < -0.3 is 20.3 Å².